The third kappa shape index (κ3) is 4.65. The molecule has 1 N–H and O–H groups in total. The van der Waals surface area contributed by atoms with Crippen molar-refractivity contribution in [2.24, 2.45) is 10.9 Å². The summed E-state index contributed by atoms with van der Waals surface area (Å²) in [6, 6.07) is 9.24. The molecule has 3 atom stereocenters. The van der Waals surface area contributed by atoms with Crippen LogP contribution in [0, 0.1) is 5.92 Å². The molecule has 1 aromatic carbocycles. The molecule has 1 amide bonds. The number of nitrogens with one attached hydrogen (secondary N) is 1. The molecular weight excluding hydrogens is 386 g/mol. The normalized spacial score (nSPS) is 27.5. The Morgan fingerprint density at radius 2 is 1.94 bits per heavy atom. The number of carbonyl (C=O) groups is 1. The second kappa shape index (κ2) is 8.67. The number of carbonyl (C=O) groups excluding carboxylic acids is 1. The molecule has 1 unspecified atom stereocenters. The van der Waals surface area contributed by atoms with Crippen LogP contribution < -0.4 is 5.32 Å². The van der Waals surface area contributed by atoms with E-state index in [4.69, 9.17) is 4.98 Å². The van der Waals surface area contributed by atoms with E-state index >= 15 is 0 Å². The number of aliphatic imine (C=N–C) groups is 1. The summed E-state index contributed by atoms with van der Waals surface area (Å²) >= 11 is 0. The molecule has 3 aliphatic rings. The van der Waals surface area contributed by atoms with Crippen molar-refractivity contribution < 1.29 is 4.79 Å². The van der Waals surface area contributed by atoms with Crippen molar-refractivity contribution in [3.8, 4) is 0 Å². The van der Waals surface area contributed by atoms with Crippen LogP contribution in [0.4, 0.5) is 0 Å². The van der Waals surface area contributed by atoms with Gasteiger partial charge in [0.2, 0.25) is 5.91 Å². The van der Waals surface area contributed by atoms with E-state index in [9.17, 15) is 4.79 Å². The molecule has 31 heavy (non-hydrogen) atoms. The third-order valence-electron chi connectivity index (χ3n) is 7.08. The Bertz CT molecular complexity index is 975. The van der Waals surface area contributed by atoms with E-state index in [0.717, 1.165) is 51.0 Å². The van der Waals surface area contributed by atoms with Crippen molar-refractivity contribution in [2.45, 2.75) is 44.2 Å². The van der Waals surface area contributed by atoms with Crippen LogP contribution in [0.5, 0.6) is 0 Å². The Balaban J connectivity index is 1.29. The van der Waals surface area contributed by atoms with Crippen LogP contribution in [-0.4, -0.2) is 72.7 Å². The molecule has 6 heteroatoms. The maximum Gasteiger partial charge on any atom is 0.234 e. The maximum atomic E-state index is 12.8. The van der Waals surface area contributed by atoms with Gasteiger partial charge >= 0.3 is 0 Å². The molecule has 4 heterocycles. The minimum absolute atomic E-state index is 0.176. The first kappa shape index (κ1) is 20.6. The monoisotopic (exact) mass is 419 g/mol. The van der Waals surface area contributed by atoms with Crippen molar-refractivity contribution in [1.82, 2.24) is 20.1 Å². The number of nitrogens with zero attached hydrogens (tertiary/aromatic N) is 4. The molecule has 2 aromatic rings. The van der Waals surface area contributed by atoms with Gasteiger partial charge in [-0.1, -0.05) is 25.1 Å². The van der Waals surface area contributed by atoms with E-state index in [1.807, 2.05) is 18.5 Å². The Morgan fingerprint density at radius 1 is 1.16 bits per heavy atom. The Morgan fingerprint density at radius 3 is 2.71 bits per heavy atom. The van der Waals surface area contributed by atoms with E-state index in [2.05, 4.69) is 52.3 Å². The maximum absolute atomic E-state index is 12.8. The molecule has 0 bridgehead atoms. The summed E-state index contributed by atoms with van der Waals surface area (Å²) in [6.07, 6.45) is 7.11. The van der Waals surface area contributed by atoms with Gasteiger partial charge in [0.05, 0.1) is 12.1 Å². The van der Waals surface area contributed by atoms with Crippen molar-refractivity contribution >= 4 is 23.0 Å². The number of hydrogen-bond donors (Lipinski definition) is 1. The minimum atomic E-state index is 0.176. The molecule has 1 aromatic heterocycles. The topological polar surface area (TPSA) is 60.8 Å². The molecule has 2 fully saturated rings. The smallest absolute Gasteiger partial charge is 0.234 e. The largest absolute Gasteiger partial charge is 0.352 e. The first-order valence-electron chi connectivity index (χ1n) is 11.7. The molecule has 0 aliphatic carbocycles. The molecule has 0 radical (unpaired) electrons. The molecule has 0 saturated carbocycles. The fraction of sp³-hybridized carbons (Fsp3) is 0.560. The highest BCUT2D eigenvalue weighted by atomic mass is 16.2. The van der Waals surface area contributed by atoms with E-state index in [1.165, 1.54) is 16.5 Å². The lowest BCUT2D eigenvalue weighted by Gasteiger charge is -2.37. The van der Waals surface area contributed by atoms with Gasteiger partial charge in [0.15, 0.2) is 0 Å². The average Bonchev–Trinajstić information content (AvgIpc) is 3.59. The van der Waals surface area contributed by atoms with Crippen LogP contribution in [-0.2, 0) is 4.79 Å². The van der Waals surface area contributed by atoms with Crippen molar-refractivity contribution in [3.05, 3.63) is 41.6 Å². The number of amides is 1. The Kier molecular flexibility index (Phi) is 5.76. The molecule has 164 valence electrons. The second-order valence-electron chi connectivity index (χ2n) is 9.76. The van der Waals surface area contributed by atoms with Gasteiger partial charge in [0.1, 0.15) is 6.04 Å². The summed E-state index contributed by atoms with van der Waals surface area (Å²) < 4.78 is 0. The quantitative estimate of drug-likeness (QED) is 0.809. The van der Waals surface area contributed by atoms with Gasteiger partial charge < -0.3 is 10.2 Å². The zero-order chi connectivity index (χ0) is 21.4. The van der Waals surface area contributed by atoms with Crippen molar-refractivity contribution in [3.63, 3.8) is 0 Å². The number of pyridine rings is 1. The third-order valence-corrected chi connectivity index (χ3v) is 7.08. The van der Waals surface area contributed by atoms with Gasteiger partial charge in [-0.2, -0.15) is 0 Å². The van der Waals surface area contributed by atoms with Crippen molar-refractivity contribution in [1.29, 1.82) is 0 Å². The highest BCUT2D eigenvalue weighted by Crippen LogP contribution is 2.37. The summed E-state index contributed by atoms with van der Waals surface area (Å²) in [5.74, 6) is 1.16. The molecule has 0 spiro atoms. The fourth-order valence-electron chi connectivity index (χ4n) is 5.46. The van der Waals surface area contributed by atoms with Crippen LogP contribution in [0.15, 0.2) is 35.5 Å². The zero-order valence-corrected chi connectivity index (χ0v) is 18.6. The van der Waals surface area contributed by atoms with Crippen LogP contribution in [0.2, 0.25) is 0 Å². The summed E-state index contributed by atoms with van der Waals surface area (Å²) in [4.78, 5) is 26.5. The highest BCUT2D eigenvalue weighted by molar-refractivity contribution is 5.92. The lowest BCUT2D eigenvalue weighted by molar-refractivity contribution is -0.123. The molecular formula is C25H33N5O. The standard InChI is InChI=1S/C25H33N5O/c1-17-12-18(15-30(14-17)16-24(31)28-19-7-10-29(2)11-8-19)20-5-6-22(23-13-27-23)25-21(20)4-3-9-26-25/h3-6,9,13,17-19,23H,7-8,10-12,14-16H2,1-2H3,(H,28,31)/t17-,18-,23?/m1/s1. The number of hydrogen-bond acceptors (Lipinski definition) is 5. The van der Waals surface area contributed by atoms with E-state index < -0.39 is 0 Å². The Hall–Kier alpha value is -2.31. The molecule has 2 saturated heterocycles. The summed E-state index contributed by atoms with van der Waals surface area (Å²) in [5, 5.41) is 4.52. The van der Waals surface area contributed by atoms with Gasteiger partial charge in [-0.3, -0.25) is 19.7 Å². The molecule has 6 nitrogen and oxygen atoms in total. The first-order valence-corrected chi connectivity index (χ1v) is 11.7. The van der Waals surface area contributed by atoms with E-state index in [0.29, 0.717) is 24.4 Å². The highest BCUT2D eigenvalue weighted by Gasteiger charge is 2.30. The van der Waals surface area contributed by atoms with Gasteiger partial charge in [0.25, 0.3) is 0 Å². The summed E-state index contributed by atoms with van der Waals surface area (Å²) in [5.41, 5.74) is 3.64. The van der Waals surface area contributed by atoms with Gasteiger partial charge in [-0.05, 0) is 62.9 Å². The number of benzene rings is 1. The zero-order valence-electron chi connectivity index (χ0n) is 18.6. The van der Waals surface area contributed by atoms with Crippen LogP contribution >= 0.6 is 0 Å². The van der Waals surface area contributed by atoms with Crippen LogP contribution in [0.1, 0.15) is 49.3 Å². The van der Waals surface area contributed by atoms with Crippen LogP contribution in [0.3, 0.4) is 0 Å². The number of rotatable bonds is 5. The molecule has 3 aliphatic heterocycles. The molecule has 5 rings (SSSR count). The minimum Gasteiger partial charge on any atom is -0.352 e. The van der Waals surface area contributed by atoms with Gasteiger partial charge in [0, 0.05) is 42.5 Å². The predicted molar refractivity (Wildman–Crippen MR) is 125 cm³/mol. The number of piperidine rings is 2. The van der Waals surface area contributed by atoms with Gasteiger partial charge in [-0.25, -0.2) is 0 Å². The van der Waals surface area contributed by atoms with Crippen molar-refractivity contribution in [2.75, 3.05) is 39.8 Å². The number of aromatic nitrogens is 1. The summed E-state index contributed by atoms with van der Waals surface area (Å²) in [6.45, 7) is 6.85. The van der Waals surface area contributed by atoms with E-state index in [-0.39, 0.29) is 11.9 Å². The SMILES string of the molecule is C[C@@H]1C[C@@H](c2ccc(C3C=N3)c3ncccc23)CN(CC(=O)NC2CCN(C)CC2)C1. The Labute approximate surface area is 184 Å². The first-order chi connectivity index (χ1) is 15.1. The van der Waals surface area contributed by atoms with E-state index in [1.54, 1.807) is 0 Å². The second-order valence-corrected chi connectivity index (χ2v) is 9.76. The van der Waals surface area contributed by atoms with Crippen LogP contribution in [0.25, 0.3) is 10.9 Å². The fourth-order valence-corrected chi connectivity index (χ4v) is 5.46. The predicted octanol–water partition coefficient (Wildman–Crippen LogP) is 3.00. The number of fused-ring (bicyclic) bond motifs is 1. The average molecular weight is 420 g/mol. The summed E-state index contributed by atoms with van der Waals surface area (Å²) in [7, 11) is 2.15. The lowest BCUT2D eigenvalue weighted by Crippen LogP contribution is -2.49. The van der Waals surface area contributed by atoms with Gasteiger partial charge in [-0.15, -0.1) is 0 Å². The number of likely N-dealkylation sites (tertiary alicyclic amines) is 2. The lowest BCUT2D eigenvalue weighted by atomic mass is 9.83.